The van der Waals surface area contributed by atoms with Gasteiger partial charge in [-0.25, -0.2) is 4.99 Å². The van der Waals surface area contributed by atoms with Gasteiger partial charge >= 0.3 is 0 Å². The third-order valence-corrected chi connectivity index (χ3v) is 4.34. The first kappa shape index (κ1) is 17.0. The molecule has 24 heavy (non-hydrogen) atoms. The number of hydrogen-bond donors (Lipinski definition) is 2. The van der Waals surface area contributed by atoms with Gasteiger partial charge in [0, 0.05) is 39.1 Å². The third-order valence-electron chi connectivity index (χ3n) is 4.34. The number of hydrogen-bond acceptors (Lipinski definition) is 4. The molecule has 2 aliphatic rings. The number of nitrogens with zero attached hydrogens (tertiary/aromatic N) is 2. The fourth-order valence-corrected chi connectivity index (χ4v) is 3.05. The van der Waals surface area contributed by atoms with Crippen molar-refractivity contribution < 1.29 is 9.47 Å². The van der Waals surface area contributed by atoms with Crippen molar-refractivity contribution in [2.45, 2.75) is 19.4 Å². The second kappa shape index (κ2) is 8.89. The van der Waals surface area contributed by atoms with Gasteiger partial charge in [0.1, 0.15) is 11.9 Å². The molecule has 1 unspecified atom stereocenters. The van der Waals surface area contributed by atoms with Crippen LogP contribution >= 0.6 is 0 Å². The number of morpholine rings is 1. The summed E-state index contributed by atoms with van der Waals surface area (Å²) in [6, 6.07) is 8.24. The molecule has 0 spiro atoms. The number of rotatable bonds is 6. The van der Waals surface area contributed by atoms with Gasteiger partial charge in [0.15, 0.2) is 5.96 Å². The van der Waals surface area contributed by atoms with E-state index in [1.165, 1.54) is 5.56 Å². The summed E-state index contributed by atoms with van der Waals surface area (Å²) in [5.74, 6) is 1.87. The molecule has 0 aliphatic carbocycles. The average molecular weight is 332 g/mol. The predicted octanol–water partition coefficient (Wildman–Crippen LogP) is 0.877. The normalized spacial score (nSPS) is 21.2. The summed E-state index contributed by atoms with van der Waals surface area (Å²) in [5.41, 5.74) is 1.28. The number of aliphatic imine (C=N–C) groups is 1. The van der Waals surface area contributed by atoms with Crippen molar-refractivity contribution in [2.75, 3.05) is 52.5 Å². The number of para-hydroxylation sites is 1. The summed E-state index contributed by atoms with van der Waals surface area (Å²) in [5, 5.41) is 6.72. The van der Waals surface area contributed by atoms with E-state index >= 15 is 0 Å². The first-order valence-electron chi connectivity index (χ1n) is 8.92. The maximum atomic E-state index is 5.95. The second-order valence-electron chi connectivity index (χ2n) is 6.15. The highest BCUT2D eigenvalue weighted by Gasteiger charge is 2.21. The lowest BCUT2D eigenvalue weighted by Gasteiger charge is -2.26. The molecule has 0 aromatic heterocycles. The van der Waals surface area contributed by atoms with Crippen LogP contribution in [0.15, 0.2) is 29.3 Å². The quantitative estimate of drug-likeness (QED) is 0.598. The summed E-state index contributed by atoms with van der Waals surface area (Å²) < 4.78 is 11.3. The lowest BCUT2D eigenvalue weighted by atomic mass is 10.1. The minimum atomic E-state index is 0.136. The van der Waals surface area contributed by atoms with Gasteiger partial charge in [-0.1, -0.05) is 18.2 Å². The zero-order chi connectivity index (χ0) is 16.6. The van der Waals surface area contributed by atoms with Gasteiger partial charge < -0.3 is 20.1 Å². The summed E-state index contributed by atoms with van der Waals surface area (Å²) in [6.45, 7) is 9.23. The maximum Gasteiger partial charge on any atom is 0.191 e. The maximum absolute atomic E-state index is 5.95. The van der Waals surface area contributed by atoms with Crippen molar-refractivity contribution in [2.24, 2.45) is 4.99 Å². The van der Waals surface area contributed by atoms with Crippen molar-refractivity contribution in [3.8, 4) is 5.75 Å². The molecule has 0 amide bonds. The Labute approximate surface area is 144 Å². The van der Waals surface area contributed by atoms with Gasteiger partial charge in [-0.3, -0.25) is 4.90 Å². The molecule has 3 rings (SSSR count). The molecule has 2 heterocycles. The number of ether oxygens (including phenoxy) is 2. The lowest BCUT2D eigenvalue weighted by Crippen LogP contribution is -2.44. The number of benzene rings is 1. The van der Waals surface area contributed by atoms with Crippen LogP contribution in [0.25, 0.3) is 0 Å². The van der Waals surface area contributed by atoms with Crippen molar-refractivity contribution in [1.29, 1.82) is 0 Å². The van der Waals surface area contributed by atoms with Crippen LogP contribution in [0.2, 0.25) is 0 Å². The van der Waals surface area contributed by atoms with E-state index in [0.717, 1.165) is 64.1 Å². The predicted molar refractivity (Wildman–Crippen MR) is 95.8 cm³/mol. The minimum absolute atomic E-state index is 0.136. The summed E-state index contributed by atoms with van der Waals surface area (Å²) >= 11 is 0. The van der Waals surface area contributed by atoms with E-state index in [1.807, 2.05) is 12.1 Å². The molecule has 6 nitrogen and oxygen atoms in total. The number of guanidine groups is 1. The summed E-state index contributed by atoms with van der Waals surface area (Å²) in [4.78, 5) is 7.10. The standard InChI is InChI=1S/C18H28N4O2/c1-2-19-18(20-7-8-22-9-11-23-12-10-22)21-14-16-13-15-5-3-4-6-17(15)24-16/h3-6,16H,2,7-14H2,1H3,(H2,19,20,21). The Morgan fingerprint density at radius 1 is 1.25 bits per heavy atom. The van der Waals surface area contributed by atoms with Gasteiger partial charge in [-0.15, -0.1) is 0 Å². The molecule has 1 aromatic carbocycles. The van der Waals surface area contributed by atoms with Crippen LogP contribution in [0.1, 0.15) is 12.5 Å². The van der Waals surface area contributed by atoms with Crippen LogP contribution in [0.5, 0.6) is 5.75 Å². The lowest BCUT2D eigenvalue weighted by molar-refractivity contribution is 0.0389. The molecule has 132 valence electrons. The molecule has 1 saturated heterocycles. The Morgan fingerprint density at radius 3 is 2.88 bits per heavy atom. The van der Waals surface area contributed by atoms with Gasteiger partial charge in [0.05, 0.1) is 19.8 Å². The highest BCUT2D eigenvalue weighted by molar-refractivity contribution is 5.79. The van der Waals surface area contributed by atoms with Crippen LogP contribution in [0.4, 0.5) is 0 Å². The highest BCUT2D eigenvalue weighted by atomic mass is 16.5. The molecule has 2 N–H and O–H groups in total. The molecule has 0 saturated carbocycles. The highest BCUT2D eigenvalue weighted by Crippen LogP contribution is 2.28. The van der Waals surface area contributed by atoms with E-state index in [4.69, 9.17) is 9.47 Å². The monoisotopic (exact) mass is 332 g/mol. The molecular weight excluding hydrogens is 304 g/mol. The molecular formula is C18H28N4O2. The SMILES string of the molecule is CCNC(=NCC1Cc2ccccc2O1)NCCN1CCOCC1. The minimum Gasteiger partial charge on any atom is -0.488 e. The van der Waals surface area contributed by atoms with Gasteiger partial charge in [-0.2, -0.15) is 0 Å². The Kier molecular flexibility index (Phi) is 6.32. The first-order valence-corrected chi connectivity index (χ1v) is 8.92. The molecule has 1 aromatic rings. The largest absolute Gasteiger partial charge is 0.488 e. The Bertz CT molecular complexity index is 519. The van der Waals surface area contributed by atoms with Gasteiger partial charge in [0.25, 0.3) is 0 Å². The second-order valence-corrected chi connectivity index (χ2v) is 6.15. The Balaban J connectivity index is 1.43. The van der Waals surface area contributed by atoms with E-state index in [9.17, 15) is 0 Å². The van der Waals surface area contributed by atoms with Crippen LogP contribution in [-0.2, 0) is 11.2 Å². The summed E-state index contributed by atoms with van der Waals surface area (Å²) in [6.07, 6.45) is 1.07. The van der Waals surface area contributed by atoms with Crippen molar-refractivity contribution in [3.05, 3.63) is 29.8 Å². The smallest absolute Gasteiger partial charge is 0.191 e. The van der Waals surface area contributed by atoms with Gasteiger partial charge in [-0.05, 0) is 18.6 Å². The van der Waals surface area contributed by atoms with Crippen molar-refractivity contribution in [1.82, 2.24) is 15.5 Å². The number of nitrogens with one attached hydrogen (secondary N) is 2. The topological polar surface area (TPSA) is 58.1 Å². The number of fused-ring (bicyclic) bond motifs is 1. The van der Waals surface area contributed by atoms with E-state index < -0.39 is 0 Å². The van der Waals surface area contributed by atoms with E-state index in [1.54, 1.807) is 0 Å². The van der Waals surface area contributed by atoms with Crippen molar-refractivity contribution >= 4 is 5.96 Å². The molecule has 2 aliphatic heterocycles. The van der Waals surface area contributed by atoms with E-state index in [2.05, 4.69) is 39.6 Å². The van der Waals surface area contributed by atoms with Crippen LogP contribution in [-0.4, -0.2) is 69.4 Å². The van der Waals surface area contributed by atoms with Crippen molar-refractivity contribution in [3.63, 3.8) is 0 Å². The summed E-state index contributed by atoms with van der Waals surface area (Å²) in [7, 11) is 0. The average Bonchev–Trinajstić information content (AvgIpc) is 3.03. The van der Waals surface area contributed by atoms with Crippen LogP contribution in [0, 0.1) is 0 Å². The zero-order valence-corrected chi connectivity index (χ0v) is 14.5. The molecule has 6 heteroatoms. The molecule has 0 bridgehead atoms. The fraction of sp³-hybridized carbons (Fsp3) is 0.611. The molecule has 0 radical (unpaired) electrons. The van der Waals surface area contributed by atoms with Crippen LogP contribution < -0.4 is 15.4 Å². The van der Waals surface area contributed by atoms with Gasteiger partial charge in [0.2, 0.25) is 0 Å². The molecule has 1 fully saturated rings. The van der Waals surface area contributed by atoms with E-state index in [-0.39, 0.29) is 6.10 Å². The Morgan fingerprint density at radius 2 is 2.08 bits per heavy atom. The third kappa shape index (κ3) is 4.85. The fourth-order valence-electron chi connectivity index (χ4n) is 3.05. The van der Waals surface area contributed by atoms with Crippen LogP contribution in [0.3, 0.4) is 0 Å². The Hall–Kier alpha value is -1.79. The molecule has 1 atom stereocenters. The van der Waals surface area contributed by atoms with E-state index in [0.29, 0.717) is 6.54 Å². The zero-order valence-electron chi connectivity index (χ0n) is 14.5. The first-order chi connectivity index (χ1) is 11.8.